The normalized spacial score (nSPS) is 21.5. The van der Waals surface area contributed by atoms with Crippen molar-refractivity contribution < 1.29 is 27.9 Å². The largest absolute Gasteiger partial charge is 0.435 e. The molecule has 0 bridgehead atoms. The van der Waals surface area contributed by atoms with E-state index in [9.17, 15) is 23.2 Å². The van der Waals surface area contributed by atoms with Gasteiger partial charge in [0.05, 0.1) is 0 Å². The van der Waals surface area contributed by atoms with Gasteiger partial charge in [-0.25, -0.2) is 4.79 Å². The maximum atomic E-state index is 13.0. The molecule has 1 heterocycles. The van der Waals surface area contributed by atoms with Crippen LogP contribution >= 0.6 is 0 Å². The lowest BCUT2D eigenvalue weighted by atomic mass is 9.92. The number of hydrogen-bond donors (Lipinski definition) is 1. The molecular weight excluding hydrogens is 384 g/mol. The molecule has 1 aliphatic heterocycles. The fraction of sp³-hybridized carbons (Fsp3) is 0.550. The number of alkyl halides is 2. The van der Waals surface area contributed by atoms with Crippen molar-refractivity contribution in [3.8, 4) is 5.75 Å². The minimum Gasteiger partial charge on any atom is -0.435 e. The summed E-state index contributed by atoms with van der Waals surface area (Å²) in [6.07, 6.45) is 2.99. The number of amides is 4. The van der Waals surface area contributed by atoms with Crippen LogP contribution in [0.5, 0.6) is 5.75 Å². The minimum absolute atomic E-state index is 0.0496. The summed E-state index contributed by atoms with van der Waals surface area (Å²) in [5.41, 5.74) is -0.969. The van der Waals surface area contributed by atoms with E-state index in [0.717, 1.165) is 24.2 Å². The summed E-state index contributed by atoms with van der Waals surface area (Å²) < 4.78 is 28.9. The molecule has 1 N–H and O–H groups in total. The third-order valence-electron chi connectivity index (χ3n) is 5.25. The van der Waals surface area contributed by atoms with Crippen LogP contribution in [0.15, 0.2) is 24.3 Å². The van der Waals surface area contributed by atoms with Crippen LogP contribution in [0.3, 0.4) is 0 Å². The van der Waals surface area contributed by atoms with Crippen molar-refractivity contribution >= 4 is 17.8 Å². The Bertz CT molecular complexity index is 782. The standard InChI is InChI=1S/C20H25F2N3O4/c1-3-10-24(11-13-4-5-13)16(26)12-25-17(27)20(2,23-19(25)28)14-6-8-15(9-7-14)29-18(21)22/h6-9,13,18H,3-5,10-12H2,1-2H3,(H,23,28)/t20-/m0/s1. The Balaban J connectivity index is 1.71. The van der Waals surface area contributed by atoms with Crippen molar-refractivity contribution in [1.29, 1.82) is 0 Å². The molecule has 1 saturated carbocycles. The van der Waals surface area contributed by atoms with E-state index in [4.69, 9.17) is 0 Å². The zero-order valence-electron chi connectivity index (χ0n) is 16.5. The third kappa shape index (κ3) is 4.65. The van der Waals surface area contributed by atoms with Gasteiger partial charge in [0.2, 0.25) is 5.91 Å². The Morgan fingerprint density at radius 3 is 2.52 bits per heavy atom. The predicted molar refractivity (Wildman–Crippen MR) is 100 cm³/mol. The van der Waals surface area contributed by atoms with Crippen LogP contribution in [0.1, 0.15) is 38.7 Å². The lowest BCUT2D eigenvalue weighted by Gasteiger charge is -2.25. The summed E-state index contributed by atoms with van der Waals surface area (Å²) in [6.45, 7) is 1.46. The quantitative estimate of drug-likeness (QED) is 0.636. The van der Waals surface area contributed by atoms with Gasteiger partial charge in [-0.05, 0) is 49.8 Å². The second-order valence-corrected chi connectivity index (χ2v) is 7.63. The van der Waals surface area contributed by atoms with E-state index >= 15 is 0 Å². The van der Waals surface area contributed by atoms with Gasteiger partial charge in [0.1, 0.15) is 17.8 Å². The number of urea groups is 1. The maximum absolute atomic E-state index is 13.0. The molecular formula is C20H25F2N3O4. The van der Waals surface area contributed by atoms with E-state index in [1.54, 1.807) is 4.90 Å². The molecule has 9 heteroatoms. The number of carbonyl (C=O) groups is 3. The van der Waals surface area contributed by atoms with Crippen LogP contribution in [0.4, 0.5) is 13.6 Å². The SMILES string of the molecule is CCCN(CC1CC1)C(=O)CN1C(=O)N[C@@](C)(c2ccc(OC(F)F)cc2)C1=O. The fourth-order valence-corrected chi connectivity index (χ4v) is 3.44. The molecule has 1 aliphatic carbocycles. The Hall–Kier alpha value is -2.71. The summed E-state index contributed by atoms with van der Waals surface area (Å²) in [5.74, 6) is -0.354. The second kappa shape index (κ2) is 8.34. The van der Waals surface area contributed by atoms with Gasteiger partial charge >= 0.3 is 12.6 Å². The van der Waals surface area contributed by atoms with Gasteiger partial charge in [-0.2, -0.15) is 8.78 Å². The van der Waals surface area contributed by atoms with Gasteiger partial charge in [0, 0.05) is 13.1 Å². The lowest BCUT2D eigenvalue weighted by molar-refractivity contribution is -0.139. The van der Waals surface area contributed by atoms with Crippen molar-refractivity contribution in [2.24, 2.45) is 5.92 Å². The molecule has 1 aromatic rings. The van der Waals surface area contributed by atoms with E-state index in [2.05, 4.69) is 10.1 Å². The highest BCUT2D eigenvalue weighted by Gasteiger charge is 2.49. The highest BCUT2D eigenvalue weighted by Crippen LogP contribution is 2.31. The summed E-state index contributed by atoms with van der Waals surface area (Å²) in [5, 5.41) is 2.61. The van der Waals surface area contributed by atoms with Crippen molar-refractivity contribution in [2.45, 2.75) is 45.3 Å². The number of halogens is 2. The monoisotopic (exact) mass is 409 g/mol. The number of hydrogen-bond acceptors (Lipinski definition) is 4. The molecule has 2 fully saturated rings. The van der Waals surface area contributed by atoms with E-state index < -0.39 is 24.1 Å². The van der Waals surface area contributed by atoms with Gasteiger partial charge in [-0.15, -0.1) is 0 Å². The first kappa shape index (κ1) is 21.0. The molecule has 29 heavy (non-hydrogen) atoms. The highest BCUT2D eigenvalue weighted by atomic mass is 19.3. The average Bonchev–Trinajstić information content (AvgIpc) is 3.45. The molecule has 3 rings (SSSR count). The molecule has 0 radical (unpaired) electrons. The zero-order chi connectivity index (χ0) is 21.2. The first-order valence-corrected chi connectivity index (χ1v) is 9.71. The minimum atomic E-state index is -2.95. The smallest absolute Gasteiger partial charge is 0.387 e. The van der Waals surface area contributed by atoms with Gasteiger partial charge in [0.25, 0.3) is 5.91 Å². The lowest BCUT2D eigenvalue weighted by Crippen LogP contribution is -2.45. The fourth-order valence-electron chi connectivity index (χ4n) is 3.44. The topological polar surface area (TPSA) is 79.0 Å². The number of carbonyl (C=O) groups excluding carboxylic acids is 3. The Kier molecular flexibility index (Phi) is 6.04. The molecule has 4 amide bonds. The van der Waals surface area contributed by atoms with Gasteiger partial charge in [0.15, 0.2) is 0 Å². The van der Waals surface area contributed by atoms with E-state index in [-0.39, 0.29) is 18.2 Å². The number of ether oxygens (including phenoxy) is 1. The molecule has 1 aromatic carbocycles. The van der Waals surface area contributed by atoms with E-state index in [0.29, 0.717) is 24.6 Å². The number of nitrogens with zero attached hydrogens (tertiary/aromatic N) is 2. The summed E-state index contributed by atoms with van der Waals surface area (Å²) in [6, 6.07) is 4.84. The molecule has 0 unspecified atom stereocenters. The van der Waals surface area contributed by atoms with Gasteiger partial charge in [-0.1, -0.05) is 19.1 Å². The first-order chi connectivity index (χ1) is 13.7. The summed E-state index contributed by atoms with van der Waals surface area (Å²) in [4.78, 5) is 40.7. The summed E-state index contributed by atoms with van der Waals surface area (Å²) >= 11 is 0. The molecule has 158 valence electrons. The molecule has 1 saturated heterocycles. The van der Waals surface area contributed by atoms with Crippen LogP contribution in [0.2, 0.25) is 0 Å². The number of nitrogens with one attached hydrogen (secondary N) is 1. The first-order valence-electron chi connectivity index (χ1n) is 9.71. The van der Waals surface area contributed by atoms with Crippen LogP contribution in [0.25, 0.3) is 0 Å². The molecule has 1 atom stereocenters. The van der Waals surface area contributed by atoms with Crippen LogP contribution in [-0.2, 0) is 15.1 Å². The predicted octanol–water partition coefficient (Wildman–Crippen LogP) is 2.70. The van der Waals surface area contributed by atoms with Crippen molar-refractivity contribution in [3.05, 3.63) is 29.8 Å². The second-order valence-electron chi connectivity index (χ2n) is 7.63. The van der Waals surface area contributed by atoms with E-state index in [1.165, 1.54) is 31.2 Å². The van der Waals surface area contributed by atoms with Gasteiger partial charge < -0.3 is 15.0 Å². The highest BCUT2D eigenvalue weighted by molar-refractivity contribution is 6.09. The Labute approximate surface area is 168 Å². The maximum Gasteiger partial charge on any atom is 0.387 e. The number of rotatable bonds is 9. The van der Waals surface area contributed by atoms with Crippen LogP contribution in [0, 0.1) is 5.92 Å². The average molecular weight is 409 g/mol. The Morgan fingerprint density at radius 2 is 1.97 bits per heavy atom. The molecule has 0 spiro atoms. The van der Waals surface area contributed by atoms with Gasteiger partial charge in [-0.3, -0.25) is 14.5 Å². The van der Waals surface area contributed by atoms with Crippen molar-refractivity contribution in [1.82, 2.24) is 15.1 Å². The van der Waals surface area contributed by atoms with Crippen molar-refractivity contribution in [3.63, 3.8) is 0 Å². The van der Waals surface area contributed by atoms with Crippen LogP contribution in [-0.4, -0.2) is 53.9 Å². The molecule has 7 nitrogen and oxygen atoms in total. The number of benzene rings is 1. The third-order valence-corrected chi connectivity index (χ3v) is 5.25. The molecule has 2 aliphatic rings. The Morgan fingerprint density at radius 1 is 1.31 bits per heavy atom. The van der Waals surface area contributed by atoms with Crippen LogP contribution < -0.4 is 10.1 Å². The van der Waals surface area contributed by atoms with E-state index in [1.807, 2.05) is 6.92 Å². The summed E-state index contributed by atoms with van der Waals surface area (Å²) in [7, 11) is 0. The molecule has 0 aromatic heterocycles. The van der Waals surface area contributed by atoms with Crippen molar-refractivity contribution in [2.75, 3.05) is 19.6 Å². The number of imide groups is 1. The zero-order valence-corrected chi connectivity index (χ0v) is 16.5.